The number of rotatable bonds is 3. The molecule has 0 saturated carbocycles. The summed E-state index contributed by atoms with van der Waals surface area (Å²) in [4.78, 5) is 21.0. The van der Waals surface area contributed by atoms with Crippen molar-refractivity contribution in [3.8, 4) is 0 Å². The first-order chi connectivity index (χ1) is 12.1. The number of aryl methyl sites for hydroxylation is 2. The molecule has 0 aromatic carbocycles. The van der Waals surface area contributed by atoms with Gasteiger partial charge in [0.25, 0.3) is 5.91 Å². The molecule has 2 atom stereocenters. The molecule has 4 rings (SSSR count). The van der Waals surface area contributed by atoms with Crippen molar-refractivity contribution >= 4 is 5.91 Å². The zero-order chi connectivity index (χ0) is 17.4. The molecule has 0 radical (unpaired) electrons. The maximum absolute atomic E-state index is 12.7. The summed E-state index contributed by atoms with van der Waals surface area (Å²) in [6, 6.07) is 3.79. The quantitative estimate of drug-likeness (QED) is 0.840. The van der Waals surface area contributed by atoms with Gasteiger partial charge >= 0.3 is 0 Å². The normalized spacial score (nSPS) is 23.7. The molecular formula is C18H22N4O3. The minimum Gasteiger partial charge on any atom is -0.373 e. The molecule has 0 bridgehead atoms. The number of pyridine rings is 1. The number of aromatic nitrogens is 2. The van der Waals surface area contributed by atoms with Crippen LogP contribution in [-0.4, -0.2) is 64.2 Å². The molecule has 4 heterocycles. The molecule has 2 aromatic heterocycles. The van der Waals surface area contributed by atoms with Crippen LogP contribution in [-0.2, 0) is 11.3 Å². The van der Waals surface area contributed by atoms with E-state index in [1.54, 1.807) is 24.5 Å². The predicted octanol–water partition coefficient (Wildman–Crippen LogP) is 1.41. The van der Waals surface area contributed by atoms with E-state index in [2.05, 4.69) is 15.0 Å². The van der Waals surface area contributed by atoms with Crippen LogP contribution >= 0.6 is 0 Å². The van der Waals surface area contributed by atoms with E-state index in [-0.39, 0.29) is 18.1 Å². The Morgan fingerprint density at radius 1 is 1.36 bits per heavy atom. The Bertz CT molecular complexity index is 741. The van der Waals surface area contributed by atoms with Crippen LogP contribution in [0.3, 0.4) is 0 Å². The van der Waals surface area contributed by atoms with E-state index in [1.807, 2.05) is 18.7 Å². The van der Waals surface area contributed by atoms with Gasteiger partial charge in [0.15, 0.2) is 0 Å². The third-order valence-corrected chi connectivity index (χ3v) is 5.15. The van der Waals surface area contributed by atoms with Gasteiger partial charge in [-0.2, -0.15) is 0 Å². The number of hydrogen-bond donors (Lipinski definition) is 0. The van der Waals surface area contributed by atoms with E-state index < -0.39 is 0 Å². The fraction of sp³-hybridized carbons (Fsp3) is 0.500. The number of carbonyl (C=O) groups is 1. The van der Waals surface area contributed by atoms with Crippen LogP contribution in [0.25, 0.3) is 0 Å². The fourth-order valence-corrected chi connectivity index (χ4v) is 3.72. The Hall–Kier alpha value is -2.25. The van der Waals surface area contributed by atoms with Crippen molar-refractivity contribution in [3.63, 3.8) is 0 Å². The van der Waals surface area contributed by atoms with Crippen LogP contribution in [0.2, 0.25) is 0 Å². The highest BCUT2D eigenvalue weighted by molar-refractivity contribution is 5.94. The SMILES string of the molecule is Cc1noc(C)c1CN1CCO[C@@H]2CN(C(=O)c3cccnc3)C[C@@H]21. The van der Waals surface area contributed by atoms with Crippen LogP contribution in [0, 0.1) is 13.8 Å². The molecule has 0 unspecified atom stereocenters. The molecule has 2 saturated heterocycles. The minimum atomic E-state index is 0.0170. The summed E-state index contributed by atoms with van der Waals surface area (Å²) in [7, 11) is 0. The van der Waals surface area contributed by atoms with E-state index in [0.29, 0.717) is 25.3 Å². The zero-order valence-corrected chi connectivity index (χ0v) is 14.5. The Labute approximate surface area is 146 Å². The van der Waals surface area contributed by atoms with Gasteiger partial charge in [-0.15, -0.1) is 0 Å². The van der Waals surface area contributed by atoms with Crippen LogP contribution in [0.15, 0.2) is 29.0 Å². The highest BCUT2D eigenvalue weighted by Crippen LogP contribution is 2.27. The standard InChI is InChI=1S/C18H22N4O3/c1-12-15(13(2)25-20-12)9-21-6-7-24-17-11-22(10-16(17)21)18(23)14-4-3-5-19-8-14/h3-5,8,16-17H,6-7,9-11H2,1-2H3/t16-,17+/m0/s1. The molecule has 132 valence electrons. The number of amides is 1. The highest BCUT2D eigenvalue weighted by Gasteiger charge is 2.42. The van der Waals surface area contributed by atoms with Crippen molar-refractivity contribution in [3.05, 3.63) is 47.1 Å². The molecule has 0 aliphatic carbocycles. The van der Waals surface area contributed by atoms with Gasteiger partial charge in [-0.3, -0.25) is 14.7 Å². The van der Waals surface area contributed by atoms with Gasteiger partial charge in [0.2, 0.25) is 0 Å². The molecule has 0 N–H and O–H groups in total. The fourth-order valence-electron chi connectivity index (χ4n) is 3.72. The number of fused-ring (bicyclic) bond motifs is 1. The van der Waals surface area contributed by atoms with Crippen LogP contribution < -0.4 is 0 Å². The second-order valence-corrected chi connectivity index (χ2v) is 6.70. The summed E-state index contributed by atoms with van der Waals surface area (Å²) in [5, 5.41) is 4.05. The van der Waals surface area contributed by atoms with Crippen molar-refractivity contribution in [1.82, 2.24) is 19.9 Å². The number of morpholine rings is 1. The third-order valence-electron chi connectivity index (χ3n) is 5.15. The van der Waals surface area contributed by atoms with Crippen molar-refractivity contribution in [2.75, 3.05) is 26.2 Å². The summed E-state index contributed by atoms with van der Waals surface area (Å²) in [6.07, 6.45) is 3.34. The molecule has 7 heteroatoms. The lowest BCUT2D eigenvalue weighted by atomic mass is 10.1. The summed E-state index contributed by atoms with van der Waals surface area (Å²) < 4.78 is 11.2. The van der Waals surface area contributed by atoms with E-state index >= 15 is 0 Å². The lowest BCUT2D eigenvalue weighted by Crippen LogP contribution is -2.50. The van der Waals surface area contributed by atoms with Crippen LogP contribution in [0.1, 0.15) is 27.4 Å². The van der Waals surface area contributed by atoms with Crippen molar-refractivity contribution in [2.45, 2.75) is 32.5 Å². The largest absolute Gasteiger partial charge is 0.373 e. The highest BCUT2D eigenvalue weighted by atomic mass is 16.5. The Kier molecular flexibility index (Phi) is 4.27. The molecular weight excluding hydrogens is 320 g/mol. The van der Waals surface area contributed by atoms with Crippen LogP contribution in [0.5, 0.6) is 0 Å². The van der Waals surface area contributed by atoms with Crippen LogP contribution in [0.4, 0.5) is 0 Å². The zero-order valence-electron chi connectivity index (χ0n) is 14.5. The first-order valence-electron chi connectivity index (χ1n) is 8.60. The van der Waals surface area contributed by atoms with Gasteiger partial charge < -0.3 is 14.2 Å². The Morgan fingerprint density at radius 3 is 2.96 bits per heavy atom. The summed E-state index contributed by atoms with van der Waals surface area (Å²) >= 11 is 0. The summed E-state index contributed by atoms with van der Waals surface area (Å²) in [5.74, 6) is 0.880. The van der Waals surface area contributed by atoms with Gasteiger partial charge in [-0.25, -0.2) is 0 Å². The van der Waals surface area contributed by atoms with Crippen molar-refractivity contribution in [1.29, 1.82) is 0 Å². The maximum atomic E-state index is 12.7. The lowest BCUT2D eigenvalue weighted by molar-refractivity contribution is -0.0505. The van der Waals surface area contributed by atoms with Gasteiger partial charge in [-0.1, -0.05) is 5.16 Å². The van der Waals surface area contributed by atoms with Gasteiger partial charge in [0.05, 0.1) is 30.0 Å². The lowest BCUT2D eigenvalue weighted by Gasteiger charge is -2.36. The average molecular weight is 342 g/mol. The number of likely N-dealkylation sites (tertiary alicyclic amines) is 1. The second-order valence-electron chi connectivity index (χ2n) is 6.70. The Balaban J connectivity index is 1.49. The van der Waals surface area contributed by atoms with E-state index in [1.165, 1.54) is 0 Å². The predicted molar refractivity (Wildman–Crippen MR) is 90.1 cm³/mol. The number of hydrogen-bond acceptors (Lipinski definition) is 6. The topological polar surface area (TPSA) is 71.7 Å². The molecule has 7 nitrogen and oxygen atoms in total. The van der Waals surface area contributed by atoms with E-state index in [0.717, 1.165) is 30.1 Å². The van der Waals surface area contributed by atoms with E-state index in [4.69, 9.17) is 9.26 Å². The van der Waals surface area contributed by atoms with Gasteiger partial charge in [-0.05, 0) is 26.0 Å². The number of ether oxygens (including phenoxy) is 1. The average Bonchev–Trinajstić information content (AvgIpc) is 3.21. The monoisotopic (exact) mass is 342 g/mol. The molecule has 2 aromatic rings. The van der Waals surface area contributed by atoms with Crippen molar-refractivity contribution < 1.29 is 14.1 Å². The third kappa shape index (κ3) is 3.05. The molecule has 2 aliphatic heterocycles. The van der Waals surface area contributed by atoms with Gasteiger partial charge in [0.1, 0.15) is 5.76 Å². The number of nitrogens with zero attached hydrogens (tertiary/aromatic N) is 4. The first-order valence-corrected chi connectivity index (χ1v) is 8.60. The smallest absolute Gasteiger partial charge is 0.255 e. The second kappa shape index (κ2) is 6.57. The summed E-state index contributed by atoms with van der Waals surface area (Å²) in [5.41, 5.74) is 2.69. The molecule has 2 aliphatic rings. The first kappa shape index (κ1) is 16.2. The Morgan fingerprint density at radius 2 is 2.24 bits per heavy atom. The minimum absolute atomic E-state index is 0.0170. The molecule has 1 amide bonds. The maximum Gasteiger partial charge on any atom is 0.255 e. The molecule has 2 fully saturated rings. The number of carbonyl (C=O) groups excluding carboxylic acids is 1. The van der Waals surface area contributed by atoms with Gasteiger partial charge in [0, 0.05) is 44.1 Å². The van der Waals surface area contributed by atoms with Crippen molar-refractivity contribution in [2.24, 2.45) is 0 Å². The molecule has 0 spiro atoms. The van der Waals surface area contributed by atoms with E-state index in [9.17, 15) is 4.79 Å². The molecule has 25 heavy (non-hydrogen) atoms. The summed E-state index contributed by atoms with van der Waals surface area (Å²) in [6.45, 7) is 7.51.